The van der Waals surface area contributed by atoms with Gasteiger partial charge >= 0.3 is 0 Å². The van der Waals surface area contributed by atoms with Crippen molar-refractivity contribution in [1.82, 2.24) is 25.4 Å². The molecule has 0 amide bonds. The van der Waals surface area contributed by atoms with Gasteiger partial charge in [-0.15, -0.1) is 34.2 Å². The van der Waals surface area contributed by atoms with Crippen LogP contribution in [-0.4, -0.2) is 40.9 Å². The van der Waals surface area contributed by atoms with Gasteiger partial charge in [0, 0.05) is 26.1 Å². The molecule has 3 rings (SSSR count). The van der Waals surface area contributed by atoms with Crippen LogP contribution in [0.4, 0.5) is 4.39 Å². The molecule has 1 fully saturated rings. The van der Waals surface area contributed by atoms with Crippen molar-refractivity contribution in [2.75, 3.05) is 20.2 Å². The van der Waals surface area contributed by atoms with Crippen LogP contribution in [0.15, 0.2) is 29.5 Å². The van der Waals surface area contributed by atoms with Gasteiger partial charge in [-0.2, -0.15) is 0 Å². The zero-order chi connectivity index (χ0) is 22.1. The molecule has 2 aromatic rings. The molecular weight excluding hydrogens is 522 g/mol. The van der Waals surface area contributed by atoms with Crippen molar-refractivity contribution in [3.05, 3.63) is 41.7 Å². The Labute approximate surface area is 207 Å². The van der Waals surface area contributed by atoms with Crippen molar-refractivity contribution in [2.24, 2.45) is 10.9 Å². The molecule has 7 nitrogen and oxygen atoms in total. The van der Waals surface area contributed by atoms with Gasteiger partial charge in [0.05, 0.1) is 13.2 Å². The second-order valence-corrected chi connectivity index (χ2v) is 8.17. The number of methoxy groups -OCH3 is 1. The number of nitrogens with zero attached hydrogens (tertiary/aromatic N) is 4. The van der Waals surface area contributed by atoms with E-state index in [0.29, 0.717) is 12.5 Å². The van der Waals surface area contributed by atoms with E-state index in [2.05, 4.69) is 27.8 Å². The Kier molecular flexibility index (Phi) is 11.2. The molecule has 178 valence electrons. The summed E-state index contributed by atoms with van der Waals surface area (Å²) >= 11 is 0. The number of rotatable bonds is 9. The molecule has 1 aliphatic carbocycles. The van der Waals surface area contributed by atoms with Gasteiger partial charge in [-0.05, 0) is 43.4 Å². The van der Waals surface area contributed by atoms with E-state index in [1.807, 2.05) is 17.6 Å². The van der Waals surface area contributed by atoms with E-state index in [1.165, 1.54) is 45.3 Å². The Morgan fingerprint density at radius 2 is 2.09 bits per heavy atom. The molecule has 0 spiro atoms. The number of ether oxygens (including phenoxy) is 1. The number of benzene rings is 1. The van der Waals surface area contributed by atoms with Crippen LogP contribution in [0.1, 0.15) is 63.4 Å². The fourth-order valence-corrected chi connectivity index (χ4v) is 4.02. The highest BCUT2D eigenvalue weighted by Gasteiger charge is 2.15. The fraction of sp³-hybridized carbons (Fsp3) is 0.609. The SMILES string of the molecule is CCc1nncn1CCNC(=NCC1CCCCC1)NC(C)c1ccc(OC)c(F)c1.I. The monoisotopic (exact) mass is 558 g/mol. The van der Waals surface area contributed by atoms with Gasteiger partial charge in [-0.1, -0.05) is 32.3 Å². The van der Waals surface area contributed by atoms with Crippen LogP contribution in [-0.2, 0) is 13.0 Å². The molecule has 2 N–H and O–H groups in total. The molecule has 1 aliphatic rings. The molecule has 1 aromatic carbocycles. The van der Waals surface area contributed by atoms with E-state index in [9.17, 15) is 4.39 Å². The van der Waals surface area contributed by atoms with E-state index in [1.54, 1.807) is 12.4 Å². The van der Waals surface area contributed by atoms with E-state index >= 15 is 0 Å². The van der Waals surface area contributed by atoms with Crippen LogP contribution in [0.3, 0.4) is 0 Å². The average molecular weight is 558 g/mol. The average Bonchev–Trinajstić information content (AvgIpc) is 3.25. The van der Waals surface area contributed by atoms with E-state index in [4.69, 9.17) is 9.73 Å². The smallest absolute Gasteiger partial charge is 0.191 e. The van der Waals surface area contributed by atoms with Gasteiger partial charge in [0.2, 0.25) is 0 Å². The minimum absolute atomic E-state index is 0. The van der Waals surface area contributed by atoms with E-state index in [0.717, 1.165) is 36.9 Å². The number of hydrogen-bond acceptors (Lipinski definition) is 4. The summed E-state index contributed by atoms with van der Waals surface area (Å²) in [6.07, 6.45) is 9.03. The first-order chi connectivity index (χ1) is 15.1. The maximum Gasteiger partial charge on any atom is 0.191 e. The van der Waals surface area contributed by atoms with Crippen LogP contribution in [0.2, 0.25) is 0 Å². The summed E-state index contributed by atoms with van der Waals surface area (Å²) in [5, 5.41) is 15.0. The van der Waals surface area contributed by atoms with Crippen molar-refractivity contribution in [1.29, 1.82) is 0 Å². The Balaban J connectivity index is 0.00000363. The Morgan fingerprint density at radius 1 is 1.31 bits per heavy atom. The minimum atomic E-state index is -0.359. The first-order valence-electron chi connectivity index (χ1n) is 11.4. The third kappa shape index (κ3) is 7.60. The first kappa shape index (κ1) is 26.3. The molecule has 1 aromatic heterocycles. The maximum atomic E-state index is 14.2. The molecular formula is C23H36FIN6O. The summed E-state index contributed by atoms with van der Waals surface area (Å²) in [6.45, 7) is 6.35. The highest BCUT2D eigenvalue weighted by molar-refractivity contribution is 14.0. The lowest BCUT2D eigenvalue weighted by atomic mass is 9.89. The molecule has 1 unspecified atom stereocenters. The van der Waals surface area contributed by atoms with Crippen LogP contribution in [0, 0.1) is 11.7 Å². The lowest BCUT2D eigenvalue weighted by molar-refractivity contribution is 0.366. The highest BCUT2D eigenvalue weighted by atomic mass is 127. The number of aliphatic imine (C=N–C) groups is 1. The number of nitrogens with one attached hydrogen (secondary N) is 2. The predicted molar refractivity (Wildman–Crippen MR) is 136 cm³/mol. The summed E-state index contributed by atoms with van der Waals surface area (Å²) in [6, 6.07) is 4.95. The standard InChI is InChI=1S/C23H35FN6O.HI/c1-4-22-29-27-16-30(22)13-12-25-23(26-15-18-8-6-5-7-9-18)28-17(2)19-10-11-21(31-3)20(24)14-19;/h10-11,14,16-18H,4-9,12-13,15H2,1-3H3,(H2,25,26,28);1H. The van der Waals surface area contributed by atoms with Gasteiger partial charge in [0.15, 0.2) is 17.5 Å². The van der Waals surface area contributed by atoms with Gasteiger partial charge in [0.1, 0.15) is 12.2 Å². The van der Waals surface area contributed by atoms with Crippen molar-refractivity contribution < 1.29 is 9.13 Å². The molecule has 1 saturated carbocycles. The fourth-order valence-electron chi connectivity index (χ4n) is 4.02. The Morgan fingerprint density at radius 3 is 2.78 bits per heavy atom. The minimum Gasteiger partial charge on any atom is -0.494 e. The first-order valence-corrected chi connectivity index (χ1v) is 11.4. The normalized spacial score (nSPS) is 15.7. The van der Waals surface area contributed by atoms with Gasteiger partial charge < -0.3 is 19.9 Å². The quantitative estimate of drug-likeness (QED) is 0.270. The van der Waals surface area contributed by atoms with Crippen LogP contribution < -0.4 is 15.4 Å². The summed E-state index contributed by atoms with van der Waals surface area (Å²) in [5.41, 5.74) is 0.845. The number of halogens is 2. The third-order valence-electron chi connectivity index (χ3n) is 5.92. The molecule has 1 atom stereocenters. The van der Waals surface area contributed by atoms with Crippen molar-refractivity contribution >= 4 is 29.9 Å². The number of aromatic nitrogens is 3. The molecule has 0 aliphatic heterocycles. The molecule has 0 bridgehead atoms. The summed E-state index contributed by atoms with van der Waals surface area (Å²) in [5.74, 6) is 2.26. The zero-order valence-electron chi connectivity index (χ0n) is 19.3. The maximum absolute atomic E-state index is 14.2. The Bertz CT molecular complexity index is 853. The second kappa shape index (κ2) is 13.6. The van der Waals surface area contributed by atoms with Gasteiger partial charge in [0.25, 0.3) is 0 Å². The number of guanidine groups is 1. The zero-order valence-corrected chi connectivity index (χ0v) is 21.6. The van der Waals surface area contributed by atoms with Crippen molar-refractivity contribution in [3.8, 4) is 5.75 Å². The molecule has 1 heterocycles. The number of aryl methyl sites for hydroxylation is 1. The topological polar surface area (TPSA) is 76.4 Å². The predicted octanol–water partition coefficient (Wildman–Crippen LogP) is 4.48. The molecule has 0 saturated heterocycles. The molecule has 32 heavy (non-hydrogen) atoms. The van der Waals surface area contributed by atoms with Crippen molar-refractivity contribution in [3.63, 3.8) is 0 Å². The van der Waals surface area contributed by atoms with Gasteiger partial charge in [-0.3, -0.25) is 4.99 Å². The summed E-state index contributed by atoms with van der Waals surface area (Å²) in [4.78, 5) is 4.87. The molecule has 9 heteroatoms. The van der Waals surface area contributed by atoms with E-state index < -0.39 is 0 Å². The number of hydrogen-bond donors (Lipinski definition) is 2. The Hall–Kier alpha value is -1.91. The van der Waals surface area contributed by atoms with Crippen LogP contribution in [0.5, 0.6) is 5.75 Å². The van der Waals surface area contributed by atoms with Crippen molar-refractivity contribution in [2.45, 2.75) is 65.0 Å². The summed E-state index contributed by atoms with van der Waals surface area (Å²) in [7, 11) is 1.47. The largest absolute Gasteiger partial charge is 0.494 e. The third-order valence-corrected chi connectivity index (χ3v) is 5.92. The molecule has 0 radical (unpaired) electrons. The second-order valence-electron chi connectivity index (χ2n) is 8.17. The van der Waals surface area contributed by atoms with Crippen LogP contribution >= 0.6 is 24.0 Å². The van der Waals surface area contributed by atoms with Crippen LogP contribution in [0.25, 0.3) is 0 Å². The lowest BCUT2D eigenvalue weighted by Crippen LogP contribution is -2.40. The summed E-state index contributed by atoms with van der Waals surface area (Å²) < 4.78 is 21.2. The highest BCUT2D eigenvalue weighted by Crippen LogP contribution is 2.24. The van der Waals surface area contributed by atoms with Gasteiger partial charge in [-0.25, -0.2) is 4.39 Å². The van der Waals surface area contributed by atoms with E-state index in [-0.39, 0.29) is 41.6 Å². The lowest BCUT2D eigenvalue weighted by Gasteiger charge is -2.22.